The number of nitrogens with zero attached hydrogens (tertiary/aromatic N) is 1. The Morgan fingerprint density at radius 1 is 0.733 bits per heavy atom. The standard InChI is InChI=1S/C27H33NO2/c1-26(2,29)23-16-24(27(3,4)30-5)18-25(17-23)28(19-21-12-8-6-9-13-21)20-22-14-10-7-11-15-22/h6-18,29H,19-20H2,1-5H3. The minimum absolute atomic E-state index is 0.457. The van der Waals surface area contributed by atoms with Crippen molar-refractivity contribution in [3.8, 4) is 0 Å². The lowest BCUT2D eigenvalue weighted by atomic mass is 9.89. The Kier molecular flexibility index (Phi) is 6.64. The van der Waals surface area contributed by atoms with E-state index in [9.17, 15) is 5.11 Å². The lowest BCUT2D eigenvalue weighted by Crippen LogP contribution is -2.26. The molecule has 0 bridgehead atoms. The summed E-state index contributed by atoms with van der Waals surface area (Å²) >= 11 is 0. The van der Waals surface area contributed by atoms with Crippen molar-refractivity contribution < 1.29 is 9.84 Å². The van der Waals surface area contributed by atoms with E-state index in [1.54, 1.807) is 7.11 Å². The van der Waals surface area contributed by atoms with Crippen molar-refractivity contribution in [2.75, 3.05) is 12.0 Å². The monoisotopic (exact) mass is 403 g/mol. The Labute approximate surface area is 180 Å². The van der Waals surface area contributed by atoms with E-state index in [1.165, 1.54) is 11.1 Å². The first kappa shape index (κ1) is 22.1. The predicted octanol–water partition coefficient (Wildman–Crippen LogP) is 6.00. The molecule has 0 heterocycles. The average Bonchev–Trinajstić information content (AvgIpc) is 2.74. The van der Waals surface area contributed by atoms with E-state index >= 15 is 0 Å². The summed E-state index contributed by atoms with van der Waals surface area (Å²) in [5.41, 5.74) is 4.09. The molecule has 3 aromatic rings. The molecule has 0 aliphatic carbocycles. The summed E-state index contributed by atoms with van der Waals surface area (Å²) in [5.74, 6) is 0. The van der Waals surface area contributed by atoms with Gasteiger partial charge in [0.1, 0.15) is 0 Å². The van der Waals surface area contributed by atoms with Crippen LogP contribution in [-0.4, -0.2) is 12.2 Å². The van der Waals surface area contributed by atoms with Crippen LogP contribution in [0, 0.1) is 0 Å². The molecule has 3 heteroatoms. The highest BCUT2D eigenvalue weighted by Gasteiger charge is 2.26. The van der Waals surface area contributed by atoms with E-state index in [-0.39, 0.29) is 0 Å². The first-order valence-corrected chi connectivity index (χ1v) is 10.5. The molecule has 0 aliphatic rings. The van der Waals surface area contributed by atoms with Crippen LogP contribution in [0.1, 0.15) is 49.9 Å². The zero-order valence-electron chi connectivity index (χ0n) is 18.7. The average molecular weight is 404 g/mol. The summed E-state index contributed by atoms with van der Waals surface area (Å²) in [6.45, 7) is 9.32. The highest BCUT2D eigenvalue weighted by atomic mass is 16.5. The summed E-state index contributed by atoms with van der Waals surface area (Å²) in [6, 6.07) is 27.3. The molecule has 3 nitrogen and oxygen atoms in total. The maximum Gasteiger partial charge on any atom is 0.0872 e. The highest BCUT2D eigenvalue weighted by Crippen LogP contribution is 2.34. The molecule has 0 spiro atoms. The first-order valence-electron chi connectivity index (χ1n) is 10.5. The lowest BCUT2D eigenvalue weighted by Gasteiger charge is -2.31. The number of benzene rings is 3. The van der Waals surface area contributed by atoms with Crippen molar-refractivity contribution in [2.45, 2.75) is 52.0 Å². The molecule has 1 N–H and O–H groups in total. The molecular weight excluding hydrogens is 370 g/mol. The zero-order valence-corrected chi connectivity index (χ0v) is 18.7. The molecule has 0 saturated heterocycles. The van der Waals surface area contributed by atoms with Gasteiger partial charge in [-0.3, -0.25) is 0 Å². The predicted molar refractivity (Wildman–Crippen MR) is 124 cm³/mol. The van der Waals surface area contributed by atoms with Crippen LogP contribution < -0.4 is 4.90 Å². The Morgan fingerprint density at radius 3 is 1.63 bits per heavy atom. The van der Waals surface area contributed by atoms with Gasteiger partial charge in [-0.2, -0.15) is 0 Å². The Morgan fingerprint density at radius 2 is 1.20 bits per heavy atom. The van der Waals surface area contributed by atoms with E-state index in [4.69, 9.17) is 4.74 Å². The van der Waals surface area contributed by atoms with Crippen LogP contribution >= 0.6 is 0 Å². The third-order valence-electron chi connectivity index (χ3n) is 5.63. The van der Waals surface area contributed by atoms with Crippen LogP contribution in [-0.2, 0) is 29.0 Å². The third-order valence-corrected chi connectivity index (χ3v) is 5.63. The molecule has 0 fully saturated rings. The van der Waals surface area contributed by atoms with Crippen molar-refractivity contribution in [3.05, 3.63) is 101 Å². The molecule has 3 rings (SSSR count). The van der Waals surface area contributed by atoms with Gasteiger partial charge < -0.3 is 14.7 Å². The van der Waals surface area contributed by atoms with Crippen molar-refractivity contribution in [3.63, 3.8) is 0 Å². The van der Waals surface area contributed by atoms with Gasteiger partial charge in [0.2, 0.25) is 0 Å². The first-order chi connectivity index (χ1) is 14.2. The lowest BCUT2D eigenvalue weighted by molar-refractivity contribution is 0.0186. The molecule has 0 unspecified atom stereocenters. The second-order valence-electron chi connectivity index (χ2n) is 8.87. The van der Waals surface area contributed by atoms with Gasteiger partial charge in [0, 0.05) is 25.9 Å². The molecule has 0 aromatic heterocycles. The van der Waals surface area contributed by atoms with Crippen LogP contribution in [0.2, 0.25) is 0 Å². The summed E-state index contributed by atoms with van der Waals surface area (Å²) in [5, 5.41) is 10.8. The van der Waals surface area contributed by atoms with Crippen molar-refractivity contribution in [2.24, 2.45) is 0 Å². The fraction of sp³-hybridized carbons (Fsp3) is 0.333. The molecule has 0 aliphatic heterocycles. The van der Waals surface area contributed by atoms with Crippen molar-refractivity contribution >= 4 is 5.69 Å². The fourth-order valence-electron chi connectivity index (χ4n) is 3.46. The summed E-state index contributed by atoms with van der Waals surface area (Å²) in [4.78, 5) is 2.36. The number of aliphatic hydroxyl groups is 1. The number of anilines is 1. The largest absolute Gasteiger partial charge is 0.386 e. The molecule has 0 saturated carbocycles. The van der Waals surface area contributed by atoms with Crippen LogP contribution in [0.15, 0.2) is 78.9 Å². The van der Waals surface area contributed by atoms with Gasteiger partial charge in [-0.1, -0.05) is 60.7 Å². The van der Waals surface area contributed by atoms with Gasteiger partial charge in [0.15, 0.2) is 0 Å². The van der Waals surface area contributed by atoms with Crippen molar-refractivity contribution in [1.82, 2.24) is 0 Å². The molecule has 0 amide bonds. The normalized spacial score (nSPS) is 12.1. The molecule has 30 heavy (non-hydrogen) atoms. The Hall–Kier alpha value is -2.62. The van der Waals surface area contributed by atoms with E-state index < -0.39 is 11.2 Å². The third kappa shape index (κ3) is 5.50. The summed E-state index contributed by atoms with van der Waals surface area (Å²) in [7, 11) is 1.72. The second kappa shape index (κ2) is 9.03. The van der Waals surface area contributed by atoms with Gasteiger partial charge in [0.25, 0.3) is 0 Å². The molecule has 158 valence electrons. The van der Waals surface area contributed by atoms with E-state index in [0.717, 1.165) is 29.9 Å². The van der Waals surface area contributed by atoms with Gasteiger partial charge in [-0.25, -0.2) is 0 Å². The van der Waals surface area contributed by atoms with E-state index in [2.05, 4.69) is 85.5 Å². The molecule has 0 atom stereocenters. The maximum atomic E-state index is 10.8. The molecule has 3 aromatic carbocycles. The van der Waals surface area contributed by atoms with Crippen molar-refractivity contribution in [1.29, 1.82) is 0 Å². The van der Waals surface area contributed by atoms with Gasteiger partial charge in [-0.05, 0) is 68.1 Å². The van der Waals surface area contributed by atoms with Gasteiger partial charge in [-0.15, -0.1) is 0 Å². The SMILES string of the molecule is COC(C)(C)c1cc(N(Cc2ccccc2)Cc2ccccc2)cc(C(C)(C)O)c1. The Balaban J connectivity index is 2.09. The quantitative estimate of drug-likeness (QED) is 0.500. The topological polar surface area (TPSA) is 32.7 Å². The second-order valence-corrected chi connectivity index (χ2v) is 8.87. The van der Waals surface area contributed by atoms with Crippen LogP contribution in [0.25, 0.3) is 0 Å². The van der Waals surface area contributed by atoms with E-state index in [1.807, 2.05) is 26.0 Å². The smallest absolute Gasteiger partial charge is 0.0872 e. The highest BCUT2D eigenvalue weighted by molar-refractivity contribution is 5.54. The summed E-state index contributed by atoms with van der Waals surface area (Å²) in [6.07, 6.45) is 0. The number of hydrogen-bond donors (Lipinski definition) is 1. The van der Waals surface area contributed by atoms with E-state index in [0.29, 0.717) is 0 Å². The fourth-order valence-corrected chi connectivity index (χ4v) is 3.46. The van der Waals surface area contributed by atoms with Crippen LogP contribution in [0.5, 0.6) is 0 Å². The van der Waals surface area contributed by atoms with Crippen LogP contribution in [0.4, 0.5) is 5.69 Å². The summed E-state index contributed by atoms with van der Waals surface area (Å²) < 4.78 is 5.76. The number of hydrogen-bond acceptors (Lipinski definition) is 3. The Bertz CT molecular complexity index is 902. The maximum absolute atomic E-state index is 10.8. The van der Waals surface area contributed by atoms with Gasteiger partial charge >= 0.3 is 0 Å². The minimum Gasteiger partial charge on any atom is -0.386 e. The minimum atomic E-state index is -0.945. The molecular formula is C27H33NO2. The number of ether oxygens (including phenoxy) is 1. The number of rotatable bonds is 8. The van der Waals surface area contributed by atoms with Gasteiger partial charge in [0.05, 0.1) is 11.2 Å². The zero-order chi connectivity index (χ0) is 21.8. The molecule has 0 radical (unpaired) electrons. The number of methoxy groups -OCH3 is 1. The van der Waals surface area contributed by atoms with Crippen LogP contribution in [0.3, 0.4) is 0 Å².